The van der Waals surface area contributed by atoms with Crippen LogP contribution in [0.4, 0.5) is 0 Å². The molecule has 178 valence electrons. The van der Waals surface area contributed by atoms with E-state index in [-0.39, 0.29) is 11.8 Å². The van der Waals surface area contributed by atoms with Crippen LogP contribution in [-0.2, 0) is 29.5 Å². The van der Waals surface area contributed by atoms with Crippen molar-refractivity contribution >= 4 is 11.8 Å². The highest BCUT2D eigenvalue weighted by atomic mass is 16.5. The summed E-state index contributed by atoms with van der Waals surface area (Å²) >= 11 is 0. The fraction of sp³-hybridized carbons (Fsp3) is 0.577. The molecule has 2 aliphatic heterocycles. The number of para-hydroxylation sites is 1. The zero-order valence-corrected chi connectivity index (χ0v) is 20.0. The number of piperidine rings is 1. The fourth-order valence-electron chi connectivity index (χ4n) is 5.27. The van der Waals surface area contributed by atoms with Crippen molar-refractivity contribution in [1.82, 2.24) is 19.6 Å². The number of hydrogen-bond donors (Lipinski definition) is 0. The second kappa shape index (κ2) is 10.4. The number of ether oxygens (including phenoxy) is 1. The first-order valence-corrected chi connectivity index (χ1v) is 12.2. The molecule has 0 saturated carbocycles. The predicted molar refractivity (Wildman–Crippen MR) is 127 cm³/mol. The summed E-state index contributed by atoms with van der Waals surface area (Å²) in [6.07, 6.45) is 10.4. The Morgan fingerprint density at radius 1 is 1.12 bits per heavy atom. The van der Waals surface area contributed by atoms with Gasteiger partial charge in [0.2, 0.25) is 11.8 Å². The molecule has 7 heteroatoms. The van der Waals surface area contributed by atoms with Gasteiger partial charge in [-0.05, 0) is 55.7 Å². The van der Waals surface area contributed by atoms with Crippen LogP contribution < -0.4 is 4.74 Å². The maximum absolute atomic E-state index is 13.7. The minimum Gasteiger partial charge on any atom is -0.491 e. The molecule has 4 rings (SSSR count). The van der Waals surface area contributed by atoms with Crippen molar-refractivity contribution in [3.63, 3.8) is 0 Å². The Morgan fingerprint density at radius 2 is 1.94 bits per heavy atom. The van der Waals surface area contributed by atoms with Gasteiger partial charge in [-0.3, -0.25) is 14.3 Å². The molecule has 0 aliphatic carbocycles. The summed E-state index contributed by atoms with van der Waals surface area (Å²) < 4.78 is 7.79. The van der Waals surface area contributed by atoms with E-state index in [0.717, 1.165) is 56.4 Å². The molecule has 1 unspecified atom stereocenters. The molecule has 2 aliphatic rings. The molecule has 0 radical (unpaired) electrons. The van der Waals surface area contributed by atoms with Crippen molar-refractivity contribution in [3.8, 4) is 5.75 Å². The Balaban J connectivity index is 1.44. The standard InChI is InChI=1S/C26H36N4O3/c1-28-16-17-33-23-10-4-3-8-22(23)9-5-6-13-26(25(28)32)14-7-15-30(20-26)24(31)12-11-21-18-27-29(2)19-21/h3-4,8,10,18-19H,5-7,9,11-17,20H2,1-2H3. The third-order valence-corrected chi connectivity index (χ3v) is 7.12. The van der Waals surface area contributed by atoms with Crippen LogP contribution in [0.5, 0.6) is 5.75 Å². The molecule has 1 atom stereocenters. The second-order valence-corrected chi connectivity index (χ2v) is 9.61. The second-order valence-electron chi connectivity index (χ2n) is 9.61. The third-order valence-electron chi connectivity index (χ3n) is 7.12. The monoisotopic (exact) mass is 452 g/mol. The van der Waals surface area contributed by atoms with Gasteiger partial charge in [0.1, 0.15) is 12.4 Å². The van der Waals surface area contributed by atoms with E-state index in [1.807, 2.05) is 48.4 Å². The normalized spacial score (nSPS) is 22.3. The fourth-order valence-corrected chi connectivity index (χ4v) is 5.27. The largest absolute Gasteiger partial charge is 0.491 e. The Kier molecular flexibility index (Phi) is 7.36. The molecule has 33 heavy (non-hydrogen) atoms. The minimum absolute atomic E-state index is 0.136. The summed E-state index contributed by atoms with van der Waals surface area (Å²) in [5.74, 6) is 1.22. The molecule has 0 N–H and O–H groups in total. The number of fused-ring (bicyclic) bond motifs is 1. The van der Waals surface area contributed by atoms with Gasteiger partial charge in [0.15, 0.2) is 0 Å². The van der Waals surface area contributed by atoms with Gasteiger partial charge in [-0.1, -0.05) is 24.6 Å². The van der Waals surface area contributed by atoms with Crippen molar-refractivity contribution in [2.24, 2.45) is 12.5 Å². The van der Waals surface area contributed by atoms with Crippen molar-refractivity contribution in [1.29, 1.82) is 0 Å². The zero-order valence-electron chi connectivity index (χ0n) is 20.0. The Bertz CT molecular complexity index is 972. The number of benzene rings is 1. The van der Waals surface area contributed by atoms with Crippen LogP contribution in [0.15, 0.2) is 36.7 Å². The number of nitrogens with zero attached hydrogens (tertiary/aromatic N) is 4. The van der Waals surface area contributed by atoms with Crippen LogP contribution in [0.3, 0.4) is 0 Å². The predicted octanol–water partition coefficient (Wildman–Crippen LogP) is 3.23. The molecule has 1 aromatic heterocycles. The van der Waals surface area contributed by atoms with Crippen LogP contribution in [0.1, 0.15) is 49.7 Å². The Morgan fingerprint density at radius 3 is 2.76 bits per heavy atom. The van der Waals surface area contributed by atoms with Gasteiger partial charge < -0.3 is 14.5 Å². The number of carbonyl (C=O) groups is 2. The summed E-state index contributed by atoms with van der Waals surface area (Å²) in [6.45, 7) is 2.29. The first-order valence-electron chi connectivity index (χ1n) is 12.2. The highest BCUT2D eigenvalue weighted by Gasteiger charge is 2.44. The van der Waals surface area contributed by atoms with Gasteiger partial charge in [-0.25, -0.2) is 0 Å². The van der Waals surface area contributed by atoms with Crippen LogP contribution in [-0.4, -0.2) is 64.7 Å². The van der Waals surface area contributed by atoms with Gasteiger partial charge in [0, 0.05) is 39.8 Å². The van der Waals surface area contributed by atoms with E-state index >= 15 is 0 Å². The Hall–Kier alpha value is -2.83. The number of aryl methyl sites for hydroxylation is 3. The molecule has 1 saturated heterocycles. The van der Waals surface area contributed by atoms with E-state index in [1.165, 1.54) is 5.56 Å². The molecular formula is C26H36N4O3. The van der Waals surface area contributed by atoms with Crippen LogP contribution in [0.2, 0.25) is 0 Å². The molecule has 2 aromatic rings. The summed E-state index contributed by atoms with van der Waals surface area (Å²) in [5.41, 5.74) is 1.81. The van der Waals surface area contributed by atoms with Crippen molar-refractivity contribution < 1.29 is 14.3 Å². The van der Waals surface area contributed by atoms with Gasteiger partial charge in [0.25, 0.3) is 0 Å². The first-order chi connectivity index (χ1) is 16.0. The minimum atomic E-state index is -0.490. The number of carbonyl (C=O) groups excluding carboxylic acids is 2. The lowest BCUT2D eigenvalue weighted by Crippen LogP contribution is -2.54. The lowest BCUT2D eigenvalue weighted by molar-refractivity contribution is -0.149. The third kappa shape index (κ3) is 5.57. The van der Waals surface area contributed by atoms with Crippen LogP contribution in [0, 0.1) is 5.41 Å². The average Bonchev–Trinajstić information content (AvgIpc) is 3.25. The number of likely N-dealkylation sites (tertiary alicyclic amines) is 1. The SMILES string of the molecule is CN1CCOc2ccccc2CCCCC2(CCCN(C(=O)CCc3cnn(C)c3)C2)C1=O. The molecule has 2 amide bonds. The summed E-state index contributed by atoms with van der Waals surface area (Å²) in [6, 6.07) is 8.20. The lowest BCUT2D eigenvalue weighted by atomic mass is 9.74. The smallest absolute Gasteiger partial charge is 0.230 e. The van der Waals surface area contributed by atoms with E-state index in [4.69, 9.17) is 4.74 Å². The zero-order chi connectivity index (χ0) is 23.3. The maximum atomic E-state index is 13.7. The maximum Gasteiger partial charge on any atom is 0.230 e. The van der Waals surface area contributed by atoms with E-state index in [1.54, 1.807) is 4.68 Å². The van der Waals surface area contributed by atoms with E-state index < -0.39 is 5.41 Å². The number of likely N-dealkylation sites (N-methyl/N-ethyl adjacent to an activating group) is 1. The molecule has 3 heterocycles. The molecule has 1 aromatic carbocycles. The van der Waals surface area contributed by atoms with Crippen molar-refractivity contribution in [3.05, 3.63) is 47.8 Å². The molecular weight excluding hydrogens is 416 g/mol. The van der Waals surface area contributed by atoms with Gasteiger partial charge in [-0.2, -0.15) is 5.10 Å². The quantitative estimate of drug-likeness (QED) is 0.717. The van der Waals surface area contributed by atoms with Gasteiger partial charge >= 0.3 is 0 Å². The molecule has 1 fully saturated rings. The Labute approximate surface area is 196 Å². The first kappa shape index (κ1) is 23.3. The topological polar surface area (TPSA) is 67.7 Å². The highest BCUT2D eigenvalue weighted by molar-refractivity contribution is 5.84. The van der Waals surface area contributed by atoms with E-state index in [0.29, 0.717) is 32.5 Å². The summed E-state index contributed by atoms with van der Waals surface area (Å²) in [4.78, 5) is 30.5. The molecule has 7 nitrogen and oxygen atoms in total. The summed E-state index contributed by atoms with van der Waals surface area (Å²) in [5, 5.41) is 4.19. The van der Waals surface area contributed by atoms with E-state index in [2.05, 4.69) is 17.2 Å². The average molecular weight is 453 g/mol. The number of aromatic nitrogens is 2. The van der Waals surface area contributed by atoms with Crippen molar-refractivity contribution in [2.45, 2.75) is 51.4 Å². The highest BCUT2D eigenvalue weighted by Crippen LogP contribution is 2.38. The molecule has 0 bridgehead atoms. The summed E-state index contributed by atoms with van der Waals surface area (Å²) in [7, 11) is 3.75. The van der Waals surface area contributed by atoms with Gasteiger partial charge in [0.05, 0.1) is 18.2 Å². The van der Waals surface area contributed by atoms with Crippen molar-refractivity contribution in [2.75, 3.05) is 33.3 Å². The van der Waals surface area contributed by atoms with E-state index in [9.17, 15) is 9.59 Å². The number of amides is 2. The van der Waals surface area contributed by atoms with Gasteiger partial charge in [-0.15, -0.1) is 0 Å². The number of hydrogen-bond acceptors (Lipinski definition) is 4. The number of rotatable bonds is 3. The lowest BCUT2D eigenvalue weighted by Gasteiger charge is -2.44. The van der Waals surface area contributed by atoms with Crippen LogP contribution in [0.25, 0.3) is 0 Å². The van der Waals surface area contributed by atoms with Crippen LogP contribution >= 0.6 is 0 Å². The molecule has 1 spiro atoms.